The third kappa shape index (κ3) is 3.98. The fourth-order valence-corrected chi connectivity index (χ4v) is 3.70. The molecule has 3 heterocycles. The molecule has 0 saturated heterocycles. The summed E-state index contributed by atoms with van der Waals surface area (Å²) in [4.78, 5) is 17.4. The molecule has 0 aliphatic carbocycles. The Labute approximate surface area is 189 Å². The summed E-state index contributed by atoms with van der Waals surface area (Å²) in [5, 5.41) is 11.6. The molecule has 0 fully saturated rings. The van der Waals surface area contributed by atoms with Crippen molar-refractivity contribution in [1.29, 1.82) is 0 Å². The minimum atomic E-state index is -0.367. The quantitative estimate of drug-likeness (QED) is 0.432. The number of aryl methyl sites for hydroxylation is 2. The number of halogens is 1. The van der Waals surface area contributed by atoms with E-state index in [1.54, 1.807) is 39.7 Å². The number of anilines is 1. The van der Waals surface area contributed by atoms with Gasteiger partial charge in [-0.1, -0.05) is 48.0 Å². The van der Waals surface area contributed by atoms with Crippen molar-refractivity contribution in [3.63, 3.8) is 0 Å². The molecule has 7 nitrogen and oxygen atoms in total. The molecule has 0 radical (unpaired) electrons. The van der Waals surface area contributed by atoms with Gasteiger partial charge in [-0.05, 0) is 26.0 Å². The summed E-state index contributed by atoms with van der Waals surface area (Å²) in [5.41, 5.74) is 5.09. The smallest absolute Gasteiger partial charge is 0.262 e. The van der Waals surface area contributed by atoms with Crippen LogP contribution in [0, 0.1) is 19.7 Å². The molecule has 1 N–H and O–H groups in total. The van der Waals surface area contributed by atoms with E-state index in [0.29, 0.717) is 22.6 Å². The van der Waals surface area contributed by atoms with E-state index < -0.39 is 0 Å². The van der Waals surface area contributed by atoms with Gasteiger partial charge in [-0.2, -0.15) is 10.2 Å². The third-order valence-corrected chi connectivity index (χ3v) is 5.49. The number of fused-ring (bicyclic) bond motifs is 1. The second-order valence-electron chi connectivity index (χ2n) is 7.86. The van der Waals surface area contributed by atoms with Crippen molar-refractivity contribution in [2.75, 3.05) is 5.32 Å². The summed E-state index contributed by atoms with van der Waals surface area (Å²) in [5.74, 6) is -0.281. The number of rotatable bonds is 5. The summed E-state index contributed by atoms with van der Waals surface area (Å²) in [6.45, 7) is 4.16. The Bertz CT molecular complexity index is 1470. The zero-order valence-corrected chi connectivity index (χ0v) is 18.2. The molecular formula is C25H21FN6O. The topological polar surface area (TPSA) is 77.1 Å². The molecule has 8 heteroatoms. The van der Waals surface area contributed by atoms with Crippen LogP contribution in [0.5, 0.6) is 0 Å². The largest absolute Gasteiger partial charge is 0.305 e. The van der Waals surface area contributed by atoms with Crippen LogP contribution in [0.2, 0.25) is 0 Å². The monoisotopic (exact) mass is 440 g/mol. The first kappa shape index (κ1) is 20.6. The van der Waals surface area contributed by atoms with Gasteiger partial charge in [0.05, 0.1) is 18.4 Å². The molecule has 0 unspecified atom stereocenters. The average Bonchev–Trinajstić information content (AvgIpc) is 3.39. The summed E-state index contributed by atoms with van der Waals surface area (Å²) in [6.07, 6.45) is 3.16. The highest BCUT2D eigenvalue weighted by atomic mass is 19.1. The molecule has 3 aromatic heterocycles. The van der Waals surface area contributed by atoms with Crippen LogP contribution in [-0.4, -0.2) is 30.3 Å². The lowest BCUT2D eigenvalue weighted by Crippen LogP contribution is -2.13. The van der Waals surface area contributed by atoms with Gasteiger partial charge in [-0.15, -0.1) is 0 Å². The maximum atomic E-state index is 14.0. The zero-order valence-electron chi connectivity index (χ0n) is 18.2. The van der Waals surface area contributed by atoms with E-state index in [9.17, 15) is 9.18 Å². The fourth-order valence-electron chi connectivity index (χ4n) is 3.70. The van der Waals surface area contributed by atoms with Crippen LogP contribution in [0.25, 0.3) is 16.9 Å². The Kier molecular flexibility index (Phi) is 5.18. The molecule has 0 saturated carbocycles. The van der Waals surface area contributed by atoms with Gasteiger partial charge in [0.15, 0.2) is 11.5 Å². The molecule has 5 rings (SSSR count). The Hall–Kier alpha value is -4.33. The van der Waals surface area contributed by atoms with E-state index in [1.807, 2.05) is 44.2 Å². The number of aromatic nitrogens is 5. The van der Waals surface area contributed by atoms with Crippen LogP contribution in [-0.2, 0) is 6.54 Å². The number of hydrogen-bond donors (Lipinski definition) is 1. The minimum Gasteiger partial charge on any atom is -0.305 e. The van der Waals surface area contributed by atoms with Gasteiger partial charge in [0.25, 0.3) is 5.91 Å². The molecule has 2 aromatic carbocycles. The molecule has 5 aromatic rings. The highest BCUT2D eigenvalue weighted by Crippen LogP contribution is 2.22. The molecule has 0 atom stereocenters. The number of carbonyl (C=O) groups excluding carboxylic acids is 1. The Morgan fingerprint density at radius 2 is 1.85 bits per heavy atom. The standard InChI is InChI=1S/C25H21FN6O/c1-16-7-9-18(10-8-16)22-11-12-27-24-20(14-28-32(22)24)25(33)29-23-13-17(2)31(30-23)15-19-5-3-4-6-21(19)26/h3-14H,15H2,1-2H3,(H,29,30,33). The highest BCUT2D eigenvalue weighted by molar-refractivity contribution is 6.07. The first-order chi connectivity index (χ1) is 16.0. The third-order valence-electron chi connectivity index (χ3n) is 5.49. The molecule has 0 aliphatic rings. The Morgan fingerprint density at radius 3 is 2.64 bits per heavy atom. The maximum absolute atomic E-state index is 14.0. The summed E-state index contributed by atoms with van der Waals surface area (Å²) >= 11 is 0. The fraction of sp³-hybridized carbons (Fsp3) is 0.120. The van der Waals surface area contributed by atoms with E-state index >= 15 is 0 Å². The molecule has 33 heavy (non-hydrogen) atoms. The van der Waals surface area contributed by atoms with Gasteiger partial charge in [0.2, 0.25) is 0 Å². The maximum Gasteiger partial charge on any atom is 0.262 e. The predicted octanol–water partition coefficient (Wildman–Crippen LogP) is 4.65. The molecule has 1 amide bonds. The van der Waals surface area contributed by atoms with Crippen LogP contribution < -0.4 is 5.32 Å². The van der Waals surface area contributed by atoms with E-state index in [1.165, 1.54) is 12.3 Å². The molecule has 0 bridgehead atoms. The van der Waals surface area contributed by atoms with Gasteiger partial charge < -0.3 is 5.32 Å². The number of hydrogen-bond acceptors (Lipinski definition) is 4. The van der Waals surface area contributed by atoms with E-state index in [4.69, 9.17) is 0 Å². The van der Waals surface area contributed by atoms with Gasteiger partial charge in [0.1, 0.15) is 11.4 Å². The van der Waals surface area contributed by atoms with Crippen LogP contribution in [0.1, 0.15) is 27.2 Å². The second-order valence-corrected chi connectivity index (χ2v) is 7.86. The minimum absolute atomic E-state index is 0.270. The zero-order chi connectivity index (χ0) is 22.9. The van der Waals surface area contributed by atoms with Crippen LogP contribution in [0.3, 0.4) is 0 Å². The summed E-state index contributed by atoms with van der Waals surface area (Å²) in [6, 6.07) is 18.2. The van der Waals surface area contributed by atoms with Crippen molar-refractivity contribution in [3.05, 3.63) is 101 Å². The van der Waals surface area contributed by atoms with Crippen molar-refractivity contribution in [2.45, 2.75) is 20.4 Å². The van der Waals surface area contributed by atoms with E-state index in [-0.39, 0.29) is 18.3 Å². The average molecular weight is 440 g/mol. The van der Waals surface area contributed by atoms with E-state index in [2.05, 4.69) is 20.5 Å². The van der Waals surface area contributed by atoms with Gasteiger partial charge in [-0.25, -0.2) is 13.9 Å². The summed E-state index contributed by atoms with van der Waals surface area (Å²) < 4.78 is 17.3. The van der Waals surface area contributed by atoms with Crippen LogP contribution in [0.15, 0.2) is 73.1 Å². The number of benzene rings is 2. The van der Waals surface area contributed by atoms with Crippen LogP contribution >= 0.6 is 0 Å². The molecular weight excluding hydrogens is 419 g/mol. The summed E-state index contributed by atoms with van der Waals surface area (Å²) in [7, 11) is 0. The number of nitrogens with zero attached hydrogens (tertiary/aromatic N) is 5. The molecule has 0 aliphatic heterocycles. The molecule has 164 valence electrons. The van der Waals surface area contributed by atoms with E-state index in [0.717, 1.165) is 22.5 Å². The normalized spacial score (nSPS) is 11.1. The Balaban J connectivity index is 1.41. The SMILES string of the molecule is Cc1ccc(-c2ccnc3c(C(=O)Nc4cc(C)n(Cc5ccccc5F)n4)cnn23)cc1. The van der Waals surface area contributed by atoms with Crippen molar-refractivity contribution in [2.24, 2.45) is 0 Å². The number of amides is 1. The highest BCUT2D eigenvalue weighted by Gasteiger charge is 2.18. The predicted molar refractivity (Wildman–Crippen MR) is 124 cm³/mol. The first-order valence-corrected chi connectivity index (χ1v) is 10.5. The van der Waals surface area contributed by atoms with Crippen molar-refractivity contribution >= 4 is 17.4 Å². The van der Waals surface area contributed by atoms with Crippen molar-refractivity contribution < 1.29 is 9.18 Å². The second kappa shape index (κ2) is 8.31. The van der Waals surface area contributed by atoms with Crippen LogP contribution in [0.4, 0.5) is 10.2 Å². The van der Waals surface area contributed by atoms with Gasteiger partial charge in [0, 0.05) is 29.1 Å². The first-order valence-electron chi connectivity index (χ1n) is 10.5. The van der Waals surface area contributed by atoms with Gasteiger partial charge >= 0.3 is 0 Å². The van der Waals surface area contributed by atoms with Crippen molar-refractivity contribution in [3.8, 4) is 11.3 Å². The Morgan fingerprint density at radius 1 is 1.06 bits per heavy atom. The number of carbonyl (C=O) groups is 1. The lowest BCUT2D eigenvalue weighted by Gasteiger charge is -2.06. The van der Waals surface area contributed by atoms with Gasteiger partial charge in [-0.3, -0.25) is 9.48 Å². The molecule has 0 spiro atoms. The van der Waals surface area contributed by atoms with Crippen molar-refractivity contribution in [1.82, 2.24) is 24.4 Å². The lowest BCUT2D eigenvalue weighted by atomic mass is 10.1. The number of nitrogens with one attached hydrogen (secondary N) is 1. The lowest BCUT2D eigenvalue weighted by molar-refractivity contribution is 0.102.